The molecule has 9 nitrogen and oxygen atoms in total. The van der Waals surface area contributed by atoms with Crippen molar-refractivity contribution in [1.29, 1.82) is 5.26 Å². The Kier molecular flexibility index (Phi) is 8.06. The summed E-state index contributed by atoms with van der Waals surface area (Å²) in [7, 11) is 0. The number of hydrogen-bond donors (Lipinski definition) is 2. The van der Waals surface area contributed by atoms with Crippen LogP contribution in [0.2, 0.25) is 0 Å². The molecule has 1 aliphatic rings. The first-order valence-corrected chi connectivity index (χ1v) is 14.0. The fourth-order valence-corrected chi connectivity index (χ4v) is 5.00. The zero-order valence-electron chi connectivity index (χ0n) is 24.0. The molecule has 1 atom stereocenters. The van der Waals surface area contributed by atoms with Crippen LogP contribution in [0.5, 0.6) is 17.2 Å². The van der Waals surface area contributed by atoms with Crippen LogP contribution in [0.15, 0.2) is 78.3 Å². The van der Waals surface area contributed by atoms with E-state index in [-0.39, 0.29) is 29.5 Å². The van der Waals surface area contributed by atoms with Crippen LogP contribution < -0.4 is 14.8 Å². The smallest absolute Gasteiger partial charge is 0.289 e. The van der Waals surface area contributed by atoms with Gasteiger partial charge in [-0.05, 0) is 61.7 Å². The maximum atomic E-state index is 15.3. The third-order valence-corrected chi connectivity index (χ3v) is 6.99. The molecule has 0 saturated carbocycles. The van der Waals surface area contributed by atoms with Gasteiger partial charge in [0.15, 0.2) is 17.4 Å². The van der Waals surface area contributed by atoms with Crippen molar-refractivity contribution in [3.8, 4) is 34.4 Å². The molecule has 3 aromatic heterocycles. The Morgan fingerprint density at radius 3 is 2.57 bits per heavy atom. The molecule has 11 heteroatoms. The van der Waals surface area contributed by atoms with E-state index in [2.05, 4.69) is 31.3 Å². The third kappa shape index (κ3) is 6.15. The van der Waals surface area contributed by atoms with Crippen molar-refractivity contribution in [1.82, 2.24) is 15.0 Å². The Morgan fingerprint density at radius 1 is 1.07 bits per heavy atom. The largest absolute Gasteiger partial charge is 0.490 e. The molecule has 0 unspecified atom stereocenters. The van der Waals surface area contributed by atoms with Gasteiger partial charge in [0.25, 0.3) is 6.02 Å². The van der Waals surface area contributed by atoms with E-state index in [1.54, 1.807) is 36.8 Å². The number of ether oxygens (including phenoxy) is 3. The van der Waals surface area contributed by atoms with Gasteiger partial charge in [-0.2, -0.15) is 5.26 Å². The highest BCUT2D eigenvalue weighted by Crippen LogP contribution is 2.39. The molecule has 2 N–H and O–H groups in total. The quantitative estimate of drug-likeness (QED) is 0.198. The van der Waals surface area contributed by atoms with Gasteiger partial charge in [0.2, 0.25) is 0 Å². The molecule has 0 amide bonds. The van der Waals surface area contributed by atoms with Gasteiger partial charge < -0.3 is 24.5 Å². The van der Waals surface area contributed by atoms with E-state index >= 15 is 8.78 Å². The van der Waals surface area contributed by atoms with Gasteiger partial charge in [-0.1, -0.05) is 6.07 Å². The number of aliphatic imine (C=N–C) groups is 1. The summed E-state index contributed by atoms with van der Waals surface area (Å²) < 4.78 is 47.9. The van der Waals surface area contributed by atoms with Crippen molar-refractivity contribution in [2.45, 2.75) is 26.4 Å². The normalized spacial score (nSPS) is 14.5. The Balaban J connectivity index is 1.22. The van der Waals surface area contributed by atoms with Gasteiger partial charge >= 0.3 is 0 Å². The van der Waals surface area contributed by atoms with Gasteiger partial charge in [0.1, 0.15) is 23.2 Å². The molecule has 222 valence electrons. The summed E-state index contributed by atoms with van der Waals surface area (Å²) in [6.45, 7) is 4.69. The second kappa shape index (κ2) is 12.4. The van der Waals surface area contributed by atoms with Crippen molar-refractivity contribution in [3.63, 3.8) is 0 Å². The molecular formula is C33H28F2N6O3. The van der Waals surface area contributed by atoms with Gasteiger partial charge in [-0.15, -0.1) is 0 Å². The third-order valence-electron chi connectivity index (χ3n) is 6.99. The van der Waals surface area contributed by atoms with Crippen molar-refractivity contribution in [2.24, 2.45) is 10.9 Å². The molecule has 0 spiro atoms. The average molecular weight is 595 g/mol. The zero-order valence-corrected chi connectivity index (χ0v) is 24.0. The molecule has 0 saturated heterocycles. The van der Waals surface area contributed by atoms with Crippen molar-refractivity contribution < 1.29 is 23.0 Å². The van der Waals surface area contributed by atoms with E-state index in [4.69, 9.17) is 14.2 Å². The number of anilines is 1. The molecule has 5 aromatic rings. The highest BCUT2D eigenvalue weighted by atomic mass is 19.1. The number of pyridine rings is 2. The van der Waals surface area contributed by atoms with Crippen molar-refractivity contribution in [2.75, 3.05) is 18.5 Å². The lowest BCUT2D eigenvalue weighted by Crippen LogP contribution is -2.29. The number of hydrogen-bond acceptors (Lipinski definition) is 8. The summed E-state index contributed by atoms with van der Waals surface area (Å²) >= 11 is 0. The molecule has 4 heterocycles. The minimum Gasteiger partial charge on any atom is -0.490 e. The van der Waals surface area contributed by atoms with Gasteiger partial charge in [0.05, 0.1) is 30.2 Å². The van der Waals surface area contributed by atoms with Crippen LogP contribution in [0.25, 0.3) is 22.2 Å². The second-order valence-corrected chi connectivity index (χ2v) is 10.6. The van der Waals surface area contributed by atoms with E-state index in [9.17, 15) is 5.26 Å². The predicted octanol–water partition coefficient (Wildman–Crippen LogP) is 7.01. The highest BCUT2D eigenvalue weighted by Gasteiger charge is 2.21. The number of nitrogens with one attached hydrogen (secondary N) is 2. The van der Waals surface area contributed by atoms with Crippen LogP contribution in [-0.2, 0) is 11.2 Å². The molecular weight excluding hydrogens is 566 g/mol. The minimum absolute atomic E-state index is 0.102. The maximum absolute atomic E-state index is 15.3. The first-order valence-electron chi connectivity index (χ1n) is 14.0. The van der Waals surface area contributed by atoms with Crippen LogP contribution in [0, 0.1) is 28.9 Å². The number of rotatable bonds is 8. The second-order valence-electron chi connectivity index (χ2n) is 10.6. The Labute approximate surface area is 252 Å². The topological polar surface area (TPSA) is 117 Å². The number of fused-ring (bicyclic) bond motifs is 1. The van der Waals surface area contributed by atoms with E-state index < -0.39 is 17.4 Å². The average Bonchev–Trinajstić information content (AvgIpc) is 3.46. The standard InChI is InChI=1S/C33H28F2N6O3/c1-19(2)43-28-4-3-22(12-23(28)15-36)25-17-39-32-30(25)29(7-10-38-32)44-31-26(34)13-24(14-27(31)35)41-33-40-16-21(18-42-33)11-20-5-8-37-9-6-20/h3-10,12-14,17,19,21H,11,16,18H2,1-2H3,(H,38,39)(H,40,41)/t21-/m1/s1. The summed E-state index contributed by atoms with van der Waals surface area (Å²) in [6.07, 6.45) is 7.36. The Bertz CT molecular complexity index is 1860. The fraction of sp³-hybridized carbons (Fsp3) is 0.212. The van der Waals surface area contributed by atoms with Crippen molar-refractivity contribution in [3.05, 3.63) is 96.1 Å². The first-order chi connectivity index (χ1) is 21.4. The lowest BCUT2D eigenvalue weighted by atomic mass is 10.0. The number of nitriles is 1. The first kappa shape index (κ1) is 28.6. The predicted molar refractivity (Wildman–Crippen MR) is 162 cm³/mol. The summed E-state index contributed by atoms with van der Waals surface area (Å²) in [5, 5.41) is 13.0. The van der Waals surface area contributed by atoms with Crippen LogP contribution in [0.3, 0.4) is 0 Å². The number of H-pyrrole nitrogens is 1. The Morgan fingerprint density at radius 2 is 1.86 bits per heavy atom. The van der Waals surface area contributed by atoms with E-state index in [0.29, 0.717) is 46.6 Å². The Hall–Kier alpha value is -5.50. The number of aromatic amines is 1. The zero-order chi connectivity index (χ0) is 30.6. The van der Waals surface area contributed by atoms with Gasteiger partial charge in [0, 0.05) is 54.1 Å². The molecule has 1 aliphatic heterocycles. The van der Waals surface area contributed by atoms with E-state index in [1.165, 1.54) is 12.3 Å². The molecule has 2 aromatic carbocycles. The fourth-order valence-electron chi connectivity index (χ4n) is 5.00. The summed E-state index contributed by atoms with van der Waals surface area (Å²) in [5.41, 5.74) is 3.40. The van der Waals surface area contributed by atoms with Crippen LogP contribution in [0.4, 0.5) is 14.5 Å². The van der Waals surface area contributed by atoms with E-state index in [1.807, 2.05) is 26.0 Å². The SMILES string of the molecule is CC(C)Oc1ccc(-c2c[nH]c3nccc(Oc4c(F)cc(NC5=NC[C@@H](Cc6ccncc6)CO5)cc4F)c23)cc1C#N. The molecule has 44 heavy (non-hydrogen) atoms. The lowest BCUT2D eigenvalue weighted by Gasteiger charge is -2.22. The monoisotopic (exact) mass is 594 g/mol. The van der Waals surface area contributed by atoms with Crippen LogP contribution in [-0.4, -0.2) is 40.2 Å². The maximum Gasteiger partial charge on any atom is 0.289 e. The van der Waals surface area contributed by atoms with E-state index in [0.717, 1.165) is 24.1 Å². The summed E-state index contributed by atoms with van der Waals surface area (Å²) in [4.78, 5) is 15.8. The van der Waals surface area contributed by atoms with Gasteiger partial charge in [-0.3, -0.25) is 4.98 Å². The summed E-state index contributed by atoms with van der Waals surface area (Å²) in [5.74, 6) is -1.57. The highest BCUT2D eigenvalue weighted by molar-refractivity contribution is 5.98. The number of benzene rings is 2. The number of halogens is 2. The van der Waals surface area contributed by atoms with Crippen LogP contribution >= 0.6 is 0 Å². The lowest BCUT2D eigenvalue weighted by molar-refractivity contribution is 0.219. The minimum atomic E-state index is -0.913. The molecule has 0 bridgehead atoms. The molecule has 0 radical (unpaired) electrons. The molecule has 0 fully saturated rings. The summed E-state index contributed by atoms with van der Waals surface area (Å²) in [6, 6.07) is 15.2. The van der Waals surface area contributed by atoms with Crippen LogP contribution in [0.1, 0.15) is 25.0 Å². The van der Waals surface area contributed by atoms with Crippen molar-refractivity contribution >= 4 is 22.7 Å². The number of nitrogens with zero attached hydrogens (tertiary/aromatic N) is 4. The number of amidine groups is 1. The molecule has 0 aliphatic carbocycles. The number of aromatic nitrogens is 3. The molecule has 6 rings (SSSR count). The van der Waals surface area contributed by atoms with Gasteiger partial charge in [-0.25, -0.2) is 18.8 Å².